The van der Waals surface area contributed by atoms with E-state index < -0.39 is 0 Å². The monoisotopic (exact) mass is 287 g/mol. The molecule has 3 rings (SSSR count). The minimum absolute atomic E-state index is 0.252. The van der Waals surface area contributed by atoms with Crippen molar-refractivity contribution < 1.29 is 4.74 Å². The van der Waals surface area contributed by atoms with Crippen molar-refractivity contribution in [2.45, 2.75) is 12.5 Å². The molecule has 1 aliphatic heterocycles. The smallest absolute Gasteiger partial charge is 0.122 e. The molecule has 1 aliphatic rings. The zero-order valence-electron chi connectivity index (χ0n) is 11.5. The fourth-order valence-corrected chi connectivity index (χ4v) is 3.14. The summed E-state index contributed by atoms with van der Waals surface area (Å²) < 4.78 is 5.90. The molecule has 0 saturated carbocycles. The maximum Gasteiger partial charge on any atom is 0.122 e. The average molecular weight is 288 g/mol. The van der Waals surface area contributed by atoms with Crippen LogP contribution in [0, 0.1) is 5.92 Å². The molecule has 2 aromatic rings. The van der Waals surface area contributed by atoms with Crippen LogP contribution in [0.3, 0.4) is 0 Å². The molecular formula is C17H18ClNO. The Morgan fingerprint density at radius 1 is 1.20 bits per heavy atom. The summed E-state index contributed by atoms with van der Waals surface area (Å²) in [5.74, 6) is 1.43. The van der Waals surface area contributed by atoms with E-state index in [-0.39, 0.29) is 6.04 Å². The van der Waals surface area contributed by atoms with Gasteiger partial charge in [0.25, 0.3) is 0 Å². The lowest BCUT2D eigenvalue weighted by molar-refractivity contribution is 0.188. The molecule has 0 spiro atoms. The van der Waals surface area contributed by atoms with Crippen LogP contribution in [0.2, 0.25) is 5.02 Å². The van der Waals surface area contributed by atoms with Gasteiger partial charge < -0.3 is 10.1 Å². The molecule has 2 nitrogen and oxygen atoms in total. The number of halogens is 1. The highest BCUT2D eigenvalue weighted by Gasteiger charge is 2.27. The van der Waals surface area contributed by atoms with Gasteiger partial charge in [-0.05, 0) is 42.8 Å². The van der Waals surface area contributed by atoms with Gasteiger partial charge in [-0.3, -0.25) is 0 Å². The summed E-state index contributed by atoms with van der Waals surface area (Å²) in [5.41, 5.74) is 2.50. The van der Waals surface area contributed by atoms with Gasteiger partial charge in [0.1, 0.15) is 5.75 Å². The van der Waals surface area contributed by atoms with E-state index in [4.69, 9.17) is 16.3 Å². The Labute approximate surface area is 124 Å². The maximum absolute atomic E-state index is 6.11. The minimum atomic E-state index is 0.252. The summed E-state index contributed by atoms with van der Waals surface area (Å²) >= 11 is 6.11. The van der Waals surface area contributed by atoms with Crippen molar-refractivity contribution >= 4 is 11.6 Å². The fraction of sp³-hybridized carbons (Fsp3) is 0.294. The van der Waals surface area contributed by atoms with E-state index in [1.54, 1.807) is 0 Å². The summed E-state index contributed by atoms with van der Waals surface area (Å²) in [6.45, 7) is 0.731. The van der Waals surface area contributed by atoms with Crippen molar-refractivity contribution in [1.82, 2.24) is 5.32 Å². The van der Waals surface area contributed by atoms with Crippen LogP contribution in [0.4, 0.5) is 0 Å². The Morgan fingerprint density at radius 2 is 2.05 bits per heavy atom. The molecule has 1 heterocycles. The Hall–Kier alpha value is -1.51. The van der Waals surface area contributed by atoms with Gasteiger partial charge >= 0.3 is 0 Å². The second kappa shape index (κ2) is 5.86. The molecule has 0 radical (unpaired) electrons. The first-order chi connectivity index (χ1) is 9.78. The summed E-state index contributed by atoms with van der Waals surface area (Å²) in [6, 6.07) is 16.6. The van der Waals surface area contributed by atoms with Crippen molar-refractivity contribution in [1.29, 1.82) is 0 Å². The van der Waals surface area contributed by atoms with Gasteiger partial charge in [-0.2, -0.15) is 0 Å². The SMILES string of the molecule is CNC(c1cccc(Cl)c1)C1COc2ccccc2C1. The number of hydrogen-bond donors (Lipinski definition) is 1. The Bertz CT molecular complexity index is 599. The van der Waals surface area contributed by atoms with Gasteiger partial charge in [0.2, 0.25) is 0 Å². The van der Waals surface area contributed by atoms with Crippen molar-refractivity contribution in [3.05, 3.63) is 64.7 Å². The maximum atomic E-state index is 6.11. The van der Waals surface area contributed by atoms with Crippen LogP contribution in [0.15, 0.2) is 48.5 Å². The topological polar surface area (TPSA) is 21.3 Å². The van der Waals surface area contributed by atoms with Crippen LogP contribution in [0.1, 0.15) is 17.2 Å². The van der Waals surface area contributed by atoms with Crippen LogP contribution >= 0.6 is 11.6 Å². The highest BCUT2D eigenvalue weighted by Crippen LogP contribution is 2.33. The fourth-order valence-electron chi connectivity index (χ4n) is 2.94. The molecule has 3 heteroatoms. The predicted octanol–water partition coefficient (Wildman–Crippen LogP) is 3.85. The van der Waals surface area contributed by atoms with Crippen molar-refractivity contribution in [2.24, 2.45) is 5.92 Å². The molecule has 2 unspecified atom stereocenters. The van der Waals surface area contributed by atoms with Crippen LogP contribution in [-0.4, -0.2) is 13.7 Å². The summed E-state index contributed by atoms with van der Waals surface area (Å²) in [6.07, 6.45) is 1.02. The summed E-state index contributed by atoms with van der Waals surface area (Å²) in [5, 5.41) is 4.19. The van der Waals surface area contributed by atoms with E-state index in [9.17, 15) is 0 Å². The van der Waals surface area contributed by atoms with Crippen molar-refractivity contribution in [3.63, 3.8) is 0 Å². The lowest BCUT2D eigenvalue weighted by Gasteiger charge is -2.32. The number of nitrogens with one attached hydrogen (secondary N) is 1. The normalized spacial score (nSPS) is 19.0. The van der Waals surface area contributed by atoms with E-state index in [2.05, 4.69) is 23.5 Å². The van der Waals surface area contributed by atoms with Gasteiger partial charge in [-0.1, -0.05) is 41.9 Å². The number of hydrogen-bond acceptors (Lipinski definition) is 2. The lowest BCUT2D eigenvalue weighted by atomic mass is 9.86. The highest BCUT2D eigenvalue weighted by atomic mass is 35.5. The predicted molar refractivity (Wildman–Crippen MR) is 82.4 cm³/mol. The second-order valence-electron chi connectivity index (χ2n) is 5.20. The molecule has 0 amide bonds. The molecule has 2 aromatic carbocycles. The summed E-state index contributed by atoms with van der Waals surface area (Å²) in [7, 11) is 1.99. The average Bonchev–Trinajstić information content (AvgIpc) is 2.48. The Balaban J connectivity index is 1.85. The molecule has 0 aromatic heterocycles. The molecule has 0 fully saturated rings. The molecule has 2 atom stereocenters. The van der Waals surface area contributed by atoms with Crippen LogP contribution in [-0.2, 0) is 6.42 Å². The van der Waals surface area contributed by atoms with Crippen molar-refractivity contribution in [3.8, 4) is 5.75 Å². The zero-order chi connectivity index (χ0) is 13.9. The van der Waals surface area contributed by atoms with Crippen LogP contribution < -0.4 is 10.1 Å². The second-order valence-corrected chi connectivity index (χ2v) is 5.64. The Morgan fingerprint density at radius 3 is 2.85 bits per heavy atom. The Kier molecular flexibility index (Phi) is 3.95. The van der Waals surface area contributed by atoms with Crippen LogP contribution in [0.25, 0.3) is 0 Å². The van der Waals surface area contributed by atoms with Gasteiger partial charge in [0, 0.05) is 17.0 Å². The molecule has 1 N–H and O–H groups in total. The highest BCUT2D eigenvalue weighted by molar-refractivity contribution is 6.30. The molecule has 0 aliphatic carbocycles. The van der Waals surface area contributed by atoms with E-state index in [1.165, 1.54) is 11.1 Å². The van der Waals surface area contributed by atoms with E-state index in [0.717, 1.165) is 23.8 Å². The first-order valence-electron chi connectivity index (χ1n) is 6.91. The standard InChI is InChI=1S/C17H18ClNO/c1-19-17(13-6-4-7-15(18)10-13)14-9-12-5-2-3-8-16(12)20-11-14/h2-8,10,14,17,19H,9,11H2,1H3. The van der Waals surface area contributed by atoms with E-state index in [1.807, 2.05) is 37.4 Å². The third-order valence-electron chi connectivity index (χ3n) is 3.90. The molecule has 0 saturated heterocycles. The quantitative estimate of drug-likeness (QED) is 0.926. The summed E-state index contributed by atoms with van der Waals surface area (Å²) in [4.78, 5) is 0. The number of rotatable bonds is 3. The number of fused-ring (bicyclic) bond motifs is 1. The first kappa shape index (κ1) is 13.5. The number of benzene rings is 2. The van der Waals surface area contributed by atoms with E-state index >= 15 is 0 Å². The van der Waals surface area contributed by atoms with Gasteiger partial charge in [-0.15, -0.1) is 0 Å². The lowest BCUT2D eigenvalue weighted by Crippen LogP contribution is -2.33. The van der Waals surface area contributed by atoms with Crippen molar-refractivity contribution in [2.75, 3.05) is 13.7 Å². The number of ether oxygens (including phenoxy) is 1. The molecular weight excluding hydrogens is 270 g/mol. The van der Waals surface area contributed by atoms with Gasteiger partial charge in [0.05, 0.1) is 6.61 Å². The third kappa shape index (κ3) is 2.67. The van der Waals surface area contributed by atoms with E-state index in [0.29, 0.717) is 5.92 Å². The van der Waals surface area contributed by atoms with Gasteiger partial charge in [0.15, 0.2) is 0 Å². The zero-order valence-corrected chi connectivity index (χ0v) is 12.2. The molecule has 104 valence electrons. The largest absolute Gasteiger partial charge is 0.493 e. The minimum Gasteiger partial charge on any atom is -0.493 e. The van der Waals surface area contributed by atoms with Gasteiger partial charge in [-0.25, -0.2) is 0 Å². The van der Waals surface area contributed by atoms with Crippen LogP contribution in [0.5, 0.6) is 5.75 Å². The third-order valence-corrected chi connectivity index (χ3v) is 4.13. The molecule has 0 bridgehead atoms. The molecule has 20 heavy (non-hydrogen) atoms. The first-order valence-corrected chi connectivity index (χ1v) is 7.29. The number of para-hydroxylation sites is 1.